The number of benzene rings is 2. The fraction of sp³-hybridized carbons (Fsp3) is 0.308. The largest absolute Gasteiger partial charge is 0.439 e. The van der Waals surface area contributed by atoms with Gasteiger partial charge in [-0.2, -0.15) is 0 Å². The molecule has 3 aromatic rings. The summed E-state index contributed by atoms with van der Waals surface area (Å²) >= 11 is 0. The molecule has 33 heavy (non-hydrogen) atoms. The van der Waals surface area contributed by atoms with Crippen molar-refractivity contribution in [3.8, 4) is 11.6 Å². The number of carbonyl (C=O) groups is 1. The van der Waals surface area contributed by atoms with Gasteiger partial charge in [-0.25, -0.2) is 9.37 Å². The second-order valence-corrected chi connectivity index (χ2v) is 8.45. The van der Waals surface area contributed by atoms with Gasteiger partial charge in [0.05, 0.1) is 6.42 Å². The van der Waals surface area contributed by atoms with Gasteiger partial charge in [-0.05, 0) is 42.3 Å². The number of amides is 1. The van der Waals surface area contributed by atoms with Crippen LogP contribution in [0.3, 0.4) is 0 Å². The molecule has 4 rings (SSSR count). The number of aromatic nitrogens is 1. The molecule has 2 aromatic carbocycles. The van der Waals surface area contributed by atoms with Crippen molar-refractivity contribution in [2.45, 2.75) is 25.9 Å². The predicted molar refractivity (Wildman–Crippen MR) is 127 cm³/mol. The number of carbonyl (C=O) groups excluding carboxylic acids is 1. The van der Waals surface area contributed by atoms with E-state index in [-0.39, 0.29) is 18.1 Å². The van der Waals surface area contributed by atoms with E-state index in [0.29, 0.717) is 17.7 Å². The molecular weight excluding hydrogens is 419 g/mol. The van der Waals surface area contributed by atoms with E-state index in [1.54, 1.807) is 42.4 Å². The number of ether oxygens (including phenoxy) is 1. The van der Waals surface area contributed by atoms with Crippen LogP contribution in [0, 0.1) is 5.82 Å². The van der Waals surface area contributed by atoms with Crippen LogP contribution in [-0.2, 0) is 17.8 Å². The van der Waals surface area contributed by atoms with Crippen LogP contribution >= 0.6 is 0 Å². The summed E-state index contributed by atoms with van der Waals surface area (Å²) in [5.41, 5.74) is 2.88. The molecule has 1 saturated heterocycles. The summed E-state index contributed by atoms with van der Waals surface area (Å²) in [7, 11) is 1.78. The lowest BCUT2D eigenvalue weighted by molar-refractivity contribution is -0.117. The lowest BCUT2D eigenvalue weighted by Crippen LogP contribution is -2.48. The number of pyridine rings is 1. The molecule has 172 valence electrons. The zero-order valence-electron chi connectivity index (χ0n) is 19.0. The normalized spacial score (nSPS) is 16.4. The molecule has 1 aliphatic heterocycles. The Morgan fingerprint density at radius 3 is 2.67 bits per heavy atom. The van der Waals surface area contributed by atoms with Crippen molar-refractivity contribution in [1.29, 1.82) is 0 Å². The third kappa shape index (κ3) is 6.37. The molecular formula is C26H29FN4O2. The van der Waals surface area contributed by atoms with Gasteiger partial charge in [0, 0.05) is 63.3 Å². The average molecular weight is 449 g/mol. The number of rotatable bonds is 7. The Bertz CT molecular complexity index is 1070. The van der Waals surface area contributed by atoms with Crippen molar-refractivity contribution in [2.24, 2.45) is 0 Å². The fourth-order valence-corrected chi connectivity index (χ4v) is 3.90. The summed E-state index contributed by atoms with van der Waals surface area (Å²) in [5, 5.41) is 3.46. The van der Waals surface area contributed by atoms with E-state index in [0.717, 1.165) is 37.4 Å². The highest BCUT2D eigenvalue weighted by molar-refractivity contribution is 5.94. The van der Waals surface area contributed by atoms with Crippen molar-refractivity contribution in [2.75, 3.05) is 31.6 Å². The van der Waals surface area contributed by atoms with Crippen LogP contribution in [0.5, 0.6) is 11.6 Å². The third-order valence-corrected chi connectivity index (χ3v) is 5.73. The molecule has 0 unspecified atom stereocenters. The number of likely N-dealkylation sites (N-methyl/N-ethyl adjacent to an activating group) is 1. The van der Waals surface area contributed by atoms with Crippen LogP contribution in [0.1, 0.15) is 18.1 Å². The Morgan fingerprint density at radius 1 is 1.18 bits per heavy atom. The molecule has 6 nitrogen and oxygen atoms in total. The molecule has 0 aliphatic carbocycles. The number of piperazine rings is 1. The second kappa shape index (κ2) is 10.6. The first-order valence-electron chi connectivity index (χ1n) is 11.2. The van der Waals surface area contributed by atoms with Crippen molar-refractivity contribution < 1.29 is 13.9 Å². The molecule has 1 N–H and O–H groups in total. The predicted octanol–water partition coefficient (Wildman–Crippen LogP) is 4.01. The minimum absolute atomic E-state index is 0.0284. The topological polar surface area (TPSA) is 57.7 Å². The summed E-state index contributed by atoms with van der Waals surface area (Å²) in [6.07, 6.45) is 1.84. The highest BCUT2D eigenvalue weighted by atomic mass is 19.1. The van der Waals surface area contributed by atoms with Gasteiger partial charge >= 0.3 is 0 Å². The van der Waals surface area contributed by atoms with E-state index in [1.165, 1.54) is 17.7 Å². The number of nitrogens with zero attached hydrogens (tertiary/aromatic N) is 3. The molecule has 1 fully saturated rings. The third-order valence-electron chi connectivity index (χ3n) is 5.73. The summed E-state index contributed by atoms with van der Waals surface area (Å²) in [6.45, 7) is 6.23. The second-order valence-electron chi connectivity index (χ2n) is 8.45. The molecule has 0 bridgehead atoms. The van der Waals surface area contributed by atoms with E-state index in [4.69, 9.17) is 4.74 Å². The fourth-order valence-electron chi connectivity index (χ4n) is 3.90. The zero-order valence-corrected chi connectivity index (χ0v) is 19.0. The van der Waals surface area contributed by atoms with Gasteiger partial charge < -0.3 is 15.0 Å². The van der Waals surface area contributed by atoms with Crippen molar-refractivity contribution in [1.82, 2.24) is 15.2 Å². The first-order chi connectivity index (χ1) is 16.0. The van der Waals surface area contributed by atoms with E-state index in [9.17, 15) is 9.18 Å². The van der Waals surface area contributed by atoms with Gasteiger partial charge in [-0.3, -0.25) is 9.69 Å². The lowest BCUT2D eigenvalue weighted by atomic mass is 10.1. The molecule has 1 aliphatic rings. The van der Waals surface area contributed by atoms with Crippen LogP contribution in [0.25, 0.3) is 0 Å². The maximum absolute atomic E-state index is 13.3. The Balaban J connectivity index is 1.31. The SMILES string of the molecule is C[C@H]1CN(Cc2ccc(N(C)C(=O)Cc3ccc(Oc4cccc(F)c4)nc3)cc2)CCN1. The Kier molecular flexibility index (Phi) is 7.32. The molecule has 0 spiro atoms. The minimum atomic E-state index is -0.371. The van der Waals surface area contributed by atoms with Crippen LogP contribution in [0.4, 0.5) is 10.1 Å². The van der Waals surface area contributed by atoms with Gasteiger partial charge in [0.1, 0.15) is 11.6 Å². The molecule has 0 radical (unpaired) electrons. The number of hydrogen-bond acceptors (Lipinski definition) is 5. The first-order valence-corrected chi connectivity index (χ1v) is 11.2. The van der Waals surface area contributed by atoms with Crippen molar-refractivity contribution in [3.63, 3.8) is 0 Å². The van der Waals surface area contributed by atoms with Crippen LogP contribution in [0.2, 0.25) is 0 Å². The van der Waals surface area contributed by atoms with E-state index in [2.05, 4.69) is 34.3 Å². The zero-order chi connectivity index (χ0) is 23.2. The number of anilines is 1. The maximum Gasteiger partial charge on any atom is 0.231 e. The first kappa shape index (κ1) is 22.9. The van der Waals surface area contributed by atoms with Gasteiger partial charge in [0.15, 0.2) is 0 Å². The number of hydrogen-bond donors (Lipinski definition) is 1. The van der Waals surface area contributed by atoms with Crippen LogP contribution in [0.15, 0.2) is 66.9 Å². The van der Waals surface area contributed by atoms with E-state index < -0.39 is 0 Å². The van der Waals surface area contributed by atoms with Crippen molar-refractivity contribution >= 4 is 11.6 Å². The van der Waals surface area contributed by atoms with Gasteiger partial charge in [-0.15, -0.1) is 0 Å². The molecule has 2 heterocycles. The Labute approximate surface area is 194 Å². The number of nitrogens with one attached hydrogen (secondary N) is 1. The summed E-state index contributed by atoms with van der Waals surface area (Å²) < 4.78 is 18.8. The molecule has 1 amide bonds. The van der Waals surface area contributed by atoms with Gasteiger partial charge in [0.2, 0.25) is 11.8 Å². The quantitative estimate of drug-likeness (QED) is 0.592. The molecule has 0 saturated carbocycles. The Morgan fingerprint density at radius 2 is 1.97 bits per heavy atom. The highest BCUT2D eigenvalue weighted by Gasteiger charge is 2.16. The Hall–Kier alpha value is -3.29. The summed E-state index contributed by atoms with van der Waals surface area (Å²) in [6, 6.07) is 18.0. The van der Waals surface area contributed by atoms with Crippen LogP contribution < -0.4 is 15.0 Å². The number of halogens is 1. The van der Waals surface area contributed by atoms with Crippen molar-refractivity contribution in [3.05, 3.63) is 83.8 Å². The summed E-state index contributed by atoms with van der Waals surface area (Å²) in [5.74, 6) is 0.323. The highest BCUT2D eigenvalue weighted by Crippen LogP contribution is 2.21. The summed E-state index contributed by atoms with van der Waals surface area (Å²) in [4.78, 5) is 21.1. The van der Waals surface area contributed by atoms with E-state index >= 15 is 0 Å². The molecule has 7 heteroatoms. The smallest absolute Gasteiger partial charge is 0.231 e. The van der Waals surface area contributed by atoms with Gasteiger partial charge in [-0.1, -0.05) is 24.3 Å². The maximum atomic E-state index is 13.3. The van der Waals surface area contributed by atoms with E-state index in [1.807, 2.05) is 12.1 Å². The molecule has 1 aromatic heterocycles. The monoisotopic (exact) mass is 448 g/mol. The lowest BCUT2D eigenvalue weighted by Gasteiger charge is -2.31. The van der Waals surface area contributed by atoms with Gasteiger partial charge in [0.25, 0.3) is 0 Å². The van der Waals surface area contributed by atoms with Crippen LogP contribution in [-0.4, -0.2) is 48.5 Å². The molecule has 1 atom stereocenters. The standard InChI is InChI=1S/C26H29FN4O2/c1-19-17-31(13-12-28-19)18-20-6-9-23(10-7-20)30(2)26(32)14-21-8-11-25(29-16-21)33-24-5-3-4-22(27)15-24/h3-11,15-16,19,28H,12-14,17-18H2,1-2H3/t19-/m0/s1. The minimum Gasteiger partial charge on any atom is -0.439 e. The average Bonchev–Trinajstić information content (AvgIpc) is 2.80.